The number of sulfonamides is 1. The lowest BCUT2D eigenvalue weighted by atomic mass is 9.98. The molecule has 3 aromatic rings. The van der Waals surface area contributed by atoms with Crippen molar-refractivity contribution in [3.8, 4) is 0 Å². The van der Waals surface area contributed by atoms with Crippen molar-refractivity contribution in [1.29, 1.82) is 0 Å². The van der Waals surface area contributed by atoms with Crippen LogP contribution in [0, 0.1) is 5.82 Å². The number of benzene rings is 2. The topological polar surface area (TPSA) is 75.6 Å². The number of aromatic nitrogens is 2. The highest BCUT2D eigenvalue weighted by atomic mass is 32.2. The summed E-state index contributed by atoms with van der Waals surface area (Å²) in [6.07, 6.45) is 0.0251. The van der Waals surface area contributed by atoms with E-state index in [1.165, 1.54) is 36.5 Å². The van der Waals surface area contributed by atoms with E-state index in [9.17, 15) is 12.8 Å². The molecule has 2 atom stereocenters. The van der Waals surface area contributed by atoms with E-state index in [-0.39, 0.29) is 31.0 Å². The predicted octanol–water partition coefficient (Wildman–Crippen LogP) is 2.73. The summed E-state index contributed by atoms with van der Waals surface area (Å²) in [5.74, 6) is 0.0449. The average molecular weight is 446 g/mol. The minimum atomic E-state index is -3.91. The Kier molecular flexibility index (Phi) is 4.87. The van der Waals surface area contributed by atoms with E-state index >= 15 is 4.39 Å². The number of hydrogen-bond acceptors (Lipinski definition) is 6. The summed E-state index contributed by atoms with van der Waals surface area (Å²) in [6.45, 7) is 0.470. The summed E-state index contributed by atoms with van der Waals surface area (Å²) in [6, 6.07) is 12.1. The molecule has 0 amide bonds. The molecule has 0 aliphatic carbocycles. The van der Waals surface area contributed by atoms with Crippen LogP contribution in [0.25, 0.3) is 11.0 Å². The van der Waals surface area contributed by atoms with Gasteiger partial charge < -0.3 is 9.64 Å². The Morgan fingerprint density at radius 3 is 2.68 bits per heavy atom. The second-order valence-electron chi connectivity index (χ2n) is 7.61. The molecule has 2 aromatic carbocycles. The van der Waals surface area contributed by atoms with Crippen molar-refractivity contribution in [2.75, 3.05) is 31.1 Å². The largest absolute Gasteiger partial charge is 0.355 e. The molecule has 1 aromatic heterocycles. The Morgan fingerprint density at radius 1 is 1.10 bits per heavy atom. The van der Waals surface area contributed by atoms with E-state index in [0.717, 1.165) is 4.31 Å². The molecule has 2 aliphatic heterocycles. The van der Waals surface area contributed by atoms with Crippen molar-refractivity contribution < 1.29 is 21.9 Å². The maximum atomic E-state index is 15.6. The van der Waals surface area contributed by atoms with Gasteiger partial charge in [0.05, 0.1) is 35.3 Å². The first-order valence-electron chi connectivity index (χ1n) is 9.93. The van der Waals surface area contributed by atoms with Crippen LogP contribution in [-0.4, -0.2) is 60.8 Å². The molecular weight excluding hydrogens is 426 g/mol. The second kappa shape index (κ2) is 7.47. The van der Waals surface area contributed by atoms with Crippen LogP contribution >= 0.6 is 0 Å². The lowest BCUT2D eigenvalue weighted by Gasteiger charge is -2.45. The highest BCUT2D eigenvalue weighted by Crippen LogP contribution is 2.40. The summed E-state index contributed by atoms with van der Waals surface area (Å²) in [4.78, 5) is 10.5. The molecule has 1 spiro atoms. The van der Waals surface area contributed by atoms with Gasteiger partial charge in [-0.05, 0) is 24.3 Å². The molecule has 3 heterocycles. The van der Waals surface area contributed by atoms with Crippen molar-refractivity contribution in [2.24, 2.45) is 0 Å². The molecule has 0 bridgehead atoms. The summed E-state index contributed by atoms with van der Waals surface area (Å²) in [5.41, 5.74) is -0.633. The summed E-state index contributed by atoms with van der Waals surface area (Å²) in [5, 5.41) is 0. The Bertz CT molecular complexity index is 1230. The van der Waals surface area contributed by atoms with Gasteiger partial charge in [0.25, 0.3) is 0 Å². The van der Waals surface area contributed by atoms with Crippen molar-refractivity contribution in [1.82, 2.24) is 14.3 Å². The van der Waals surface area contributed by atoms with E-state index in [4.69, 9.17) is 4.74 Å². The van der Waals surface area contributed by atoms with Gasteiger partial charge in [0.1, 0.15) is 11.6 Å². The number of fused-ring (bicyclic) bond motifs is 1. The molecule has 2 aliphatic rings. The van der Waals surface area contributed by atoms with Crippen LogP contribution in [-0.2, 0) is 14.8 Å². The van der Waals surface area contributed by atoms with Crippen molar-refractivity contribution in [3.05, 3.63) is 60.5 Å². The van der Waals surface area contributed by atoms with Crippen molar-refractivity contribution >= 4 is 26.9 Å². The molecule has 0 radical (unpaired) electrons. The molecule has 2 saturated heterocycles. The van der Waals surface area contributed by atoms with Crippen LogP contribution in [0.2, 0.25) is 0 Å². The fraction of sp³-hybridized carbons (Fsp3) is 0.333. The zero-order chi connectivity index (χ0) is 21.6. The Morgan fingerprint density at radius 2 is 1.90 bits per heavy atom. The maximum Gasteiger partial charge on any atom is 0.245 e. The number of piperidine rings is 1. The summed E-state index contributed by atoms with van der Waals surface area (Å²) in [7, 11) is -3.91. The maximum absolute atomic E-state index is 15.6. The van der Waals surface area contributed by atoms with E-state index in [0.29, 0.717) is 23.4 Å². The zero-order valence-corrected chi connectivity index (χ0v) is 17.3. The SMILES string of the molecule is O=S(=O)(c1ccccc1)N1CCOC12CCN(c1cnc3cc(F)ccc3n1)CC2F. The molecule has 162 valence electrons. The molecule has 5 rings (SSSR count). The van der Waals surface area contributed by atoms with Gasteiger partial charge in [-0.15, -0.1) is 0 Å². The van der Waals surface area contributed by atoms with Gasteiger partial charge in [-0.1, -0.05) is 18.2 Å². The van der Waals surface area contributed by atoms with Crippen LogP contribution < -0.4 is 4.90 Å². The highest BCUT2D eigenvalue weighted by molar-refractivity contribution is 7.89. The molecular formula is C21H20F2N4O3S. The van der Waals surface area contributed by atoms with Crippen molar-refractivity contribution in [2.45, 2.75) is 23.2 Å². The van der Waals surface area contributed by atoms with Gasteiger partial charge in [-0.3, -0.25) is 4.98 Å². The Balaban J connectivity index is 1.42. The van der Waals surface area contributed by atoms with Crippen LogP contribution in [0.3, 0.4) is 0 Å². The van der Waals surface area contributed by atoms with Crippen molar-refractivity contribution in [3.63, 3.8) is 0 Å². The second-order valence-corrected chi connectivity index (χ2v) is 9.47. The smallest absolute Gasteiger partial charge is 0.245 e. The number of nitrogens with zero attached hydrogens (tertiary/aromatic N) is 4. The molecule has 0 N–H and O–H groups in total. The lowest BCUT2D eigenvalue weighted by Crippen LogP contribution is -2.62. The first-order chi connectivity index (χ1) is 14.9. The standard InChI is InChI=1S/C21H20F2N4O3S/c22-15-6-7-17-18(12-15)24-13-20(25-17)26-9-8-21(19(23)14-26)27(10-11-30-21)31(28,29)16-4-2-1-3-5-16/h1-7,12-13,19H,8-11,14H2. The lowest BCUT2D eigenvalue weighted by molar-refractivity contribution is -0.116. The number of hydrogen-bond donors (Lipinski definition) is 0. The number of alkyl halides is 1. The molecule has 7 nitrogen and oxygen atoms in total. The highest BCUT2D eigenvalue weighted by Gasteiger charge is 2.56. The fourth-order valence-corrected chi connectivity index (χ4v) is 6.00. The van der Waals surface area contributed by atoms with Gasteiger partial charge in [0, 0.05) is 25.6 Å². The first kappa shape index (κ1) is 20.2. The van der Waals surface area contributed by atoms with E-state index in [1.807, 2.05) is 0 Å². The Hall–Kier alpha value is -2.69. The third-order valence-corrected chi connectivity index (χ3v) is 7.77. The average Bonchev–Trinajstić information content (AvgIpc) is 3.21. The number of ether oxygens (including phenoxy) is 1. The van der Waals surface area contributed by atoms with Gasteiger partial charge in [0.15, 0.2) is 11.9 Å². The van der Waals surface area contributed by atoms with Crippen LogP contribution in [0.1, 0.15) is 6.42 Å². The summed E-state index contributed by atoms with van der Waals surface area (Å²) < 4.78 is 62.2. The van der Waals surface area contributed by atoms with Gasteiger partial charge in [-0.2, -0.15) is 4.31 Å². The Labute approximate surface area is 178 Å². The monoisotopic (exact) mass is 446 g/mol. The van der Waals surface area contributed by atoms with E-state index in [1.54, 1.807) is 23.1 Å². The quantitative estimate of drug-likeness (QED) is 0.616. The molecule has 2 fully saturated rings. The number of rotatable bonds is 3. The fourth-order valence-electron chi connectivity index (χ4n) is 4.27. The van der Waals surface area contributed by atoms with E-state index in [2.05, 4.69) is 9.97 Å². The third-order valence-electron chi connectivity index (χ3n) is 5.83. The number of halogens is 2. The number of anilines is 1. The van der Waals surface area contributed by atoms with Gasteiger partial charge >= 0.3 is 0 Å². The van der Waals surface area contributed by atoms with E-state index < -0.39 is 27.7 Å². The summed E-state index contributed by atoms with van der Waals surface area (Å²) >= 11 is 0. The molecule has 10 heteroatoms. The van der Waals surface area contributed by atoms with Gasteiger partial charge in [0.2, 0.25) is 10.0 Å². The zero-order valence-electron chi connectivity index (χ0n) is 16.5. The van der Waals surface area contributed by atoms with Crippen LogP contribution in [0.5, 0.6) is 0 Å². The molecule has 31 heavy (non-hydrogen) atoms. The molecule has 2 unspecified atom stereocenters. The first-order valence-corrected chi connectivity index (χ1v) is 11.4. The molecule has 0 saturated carbocycles. The van der Waals surface area contributed by atoms with Crippen LogP contribution in [0.4, 0.5) is 14.6 Å². The minimum Gasteiger partial charge on any atom is -0.355 e. The normalized spacial score (nSPS) is 24.8. The van der Waals surface area contributed by atoms with Crippen LogP contribution in [0.15, 0.2) is 59.6 Å². The third kappa shape index (κ3) is 3.35. The van der Waals surface area contributed by atoms with Gasteiger partial charge in [-0.25, -0.2) is 22.2 Å². The predicted molar refractivity (Wildman–Crippen MR) is 110 cm³/mol. The minimum absolute atomic E-state index is 0.0950.